The molecule has 0 aromatic heterocycles. The lowest BCUT2D eigenvalue weighted by molar-refractivity contribution is -0.267. The van der Waals surface area contributed by atoms with Crippen molar-refractivity contribution in [3.8, 4) is 0 Å². The quantitative estimate of drug-likeness (QED) is 0.769. The van der Waals surface area contributed by atoms with Crippen LogP contribution in [0.15, 0.2) is 16.6 Å². The van der Waals surface area contributed by atoms with Crippen LogP contribution in [-0.2, 0) is 4.79 Å². The molecule has 1 aromatic rings. The third-order valence-electron chi connectivity index (χ3n) is 1.89. The zero-order valence-electron chi connectivity index (χ0n) is 8.59. The number of alkyl halides is 5. The van der Waals surface area contributed by atoms with Crippen molar-refractivity contribution in [1.82, 2.24) is 0 Å². The first kappa shape index (κ1) is 16.1. The SMILES string of the molecule is O=C(Nc1c(Cl)cc(F)cc1Br)C(F)(F)C(F)(F)F. The first-order chi connectivity index (χ1) is 8.46. The predicted molar refractivity (Wildman–Crippen MR) is 58.7 cm³/mol. The summed E-state index contributed by atoms with van der Waals surface area (Å²) in [7, 11) is 0. The van der Waals surface area contributed by atoms with Gasteiger partial charge in [0.2, 0.25) is 0 Å². The molecule has 2 nitrogen and oxygen atoms in total. The van der Waals surface area contributed by atoms with E-state index >= 15 is 0 Å². The van der Waals surface area contributed by atoms with Gasteiger partial charge >= 0.3 is 18.0 Å². The van der Waals surface area contributed by atoms with Gasteiger partial charge in [-0.05, 0) is 28.1 Å². The Morgan fingerprint density at radius 2 is 1.74 bits per heavy atom. The maximum absolute atomic E-state index is 12.8. The normalized spacial score (nSPS) is 12.4. The second-order valence-electron chi connectivity index (χ2n) is 3.27. The highest BCUT2D eigenvalue weighted by Crippen LogP contribution is 2.38. The number of hydrogen-bond acceptors (Lipinski definition) is 1. The molecule has 0 bridgehead atoms. The van der Waals surface area contributed by atoms with Crippen LogP contribution in [0.4, 0.5) is 32.0 Å². The summed E-state index contributed by atoms with van der Waals surface area (Å²) in [5.41, 5.74) is -0.586. The number of carbonyl (C=O) groups is 1. The van der Waals surface area contributed by atoms with Crippen LogP contribution in [0.3, 0.4) is 0 Å². The predicted octanol–water partition coefficient (Wildman–Crippen LogP) is 4.38. The molecule has 0 saturated heterocycles. The maximum atomic E-state index is 12.8. The third kappa shape index (κ3) is 3.33. The van der Waals surface area contributed by atoms with E-state index in [9.17, 15) is 31.1 Å². The number of carbonyl (C=O) groups excluding carboxylic acids is 1. The average Bonchev–Trinajstić information content (AvgIpc) is 2.21. The molecule has 0 fully saturated rings. The molecular weight excluding hydrogens is 367 g/mol. The minimum Gasteiger partial charge on any atom is -0.318 e. The van der Waals surface area contributed by atoms with Crippen molar-refractivity contribution in [2.45, 2.75) is 12.1 Å². The summed E-state index contributed by atoms with van der Waals surface area (Å²) in [6.45, 7) is 0. The molecule has 19 heavy (non-hydrogen) atoms. The van der Waals surface area contributed by atoms with Crippen LogP contribution in [0, 0.1) is 5.82 Å². The van der Waals surface area contributed by atoms with Gasteiger partial charge in [0.05, 0.1) is 10.7 Å². The van der Waals surface area contributed by atoms with Crippen LogP contribution in [0.5, 0.6) is 0 Å². The summed E-state index contributed by atoms with van der Waals surface area (Å²) in [6, 6.07) is 1.39. The fourth-order valence-electron chi connectivity index (χ4n) is 0.982. The molecule has 0 radical (unpaired) electrons. The van der Waals surface area contributed by atoms with Gasteiger partial charge in [-0.1, -0.05) is 11.6 Å². The molecule has 0 atom stereocenters. The van der Waals surface area contributed by atoms with Crippen molar-refractivity contribution >= 4 is 39.1 Å². The molecule has 1 amide bonds. The monoisotopic (exact) mass is 369 g/mol. The van der Waals surface area contributed by atoms with Crippen LogP contribution in [0.2, 0.25) is 5.02 Å². The number of amides is 1. The Hall–Kier alpha value is -0.960. The van der Waals surface area contributed by atoms with Crippen LogP contribution in [-0.4, -0.2) is 18.0 Å². The summed E-state index contributed by atoms with van der Waals surface area (Å²) in [4.78, 5) is 10.9. The first-order valence-corrected chi connectivity index (χ1v) is 5.54. The Bertz CT molecular complexity index is 495. The molecular formula is C9H3BrClF6NO. The average molecular weight is 370 g/mol. The molecule has 1 rings (SSSR count). The fraction of sp³-hybridized carbons (Fsp3) is 0.222. The van der Waals surface area contributed by atoms with Crippen molar-refractivity contribution in [2.75, 3.05) is 5.32 Å². The Morgan fingerprint density at radius 3 is 2.16 bits per heavy atom. The molecule has 0 heterocycles. The van der Waals surface area contributed by atoms with Crippen LogP contribution >= 0.6 is 27.5 Å². The smallest absolute Gasteiger partial charge is 0.318 e. The third-order valence-corrected chi connectivity index (χ3v) is 2.81. The number of halogens is 8. The van der Waals surface area contributed by atoms with E-state index < -0.39 is 34.5 Å². The summed E-state index contributed by atoms with van der Waals surface area (Å²) < 4.78 is 73.7. The summed E-state index contributed by atoms with van der Waals surface area (Å²) >= 11 is 8.11. The van der Waals surface area contributed by atoms with E-state index in [1.54, 1.807) is 0 Å². The van der Waals surface area contributed by atoms with Gasteiger partial charge in [0.15, 0.2) is 0 Å². The van der Waals surface area contributed by atoms with Crippen LogP contribution < -0.4 is 5.32 Å². The van der Waals surface area contributed by atoms with E-state index in [1.807, 2.05) is 0 Å². The topological polar surface area (TPSA) is 29.1 Å². The van der Waals surface area contributed by atoms with Crippen molar-refractivity contribution in [3.63, 3.8) is 0 Å². The second-order valence-corrected chi connectivity index (χ2v) is 4.53. The van der Waals surface area contributed by atoms with Crippen molar-refractivity contribution in [2.24, 2.45) is 0 Å². The minimum absolute atomic E-state index is 0.274. The molecule has 0 unspecified atom stereocenters. The summed E-state index contributed by atoms with van der Waals surface area (Å²) in [6.07, 6.45) is -6.05. The highest BCUT2D eigenvalue weighted by Gasteiger charge is 2.63. The molecule has 1 N–H and O–H groups in total. The standard InChI is InChI=1S/C9H3BrClF6NO/c10-4-1-3(12)2-5(11)6(4)18-7(19)8(13,14)9(15,16)17/h1-2H,(H,18,19). The zero-order chi connectivity index (χ0) is 15.0. The Kier molecular flexibility index (Phi) is 4.40. The van der Waals surface area contributed by atoms with E-state index in [2.05, 4.69) is 15.9 Å². The number of rotatable bonds is 2. The molecule has 0 saturated carbocycles. The molecule has 1 aromatic carbocycles. The lowest BCUT2D eigenvalue weighted by Gasteiger charge is -2.19. The van der Waals surface area contributed by atoms with Gasteiger partial charge in [-0.25, -0.2) is 4.39 Å². The Balaban J connectivity index is 3.08. The van der Waals surface area contributed by atoms with Crippen molar-refractivity contribution in [1.29, 1.82) is 0 Å². The number of nitrogens with one attached hydrogen (secondary N) is 1. The Morgan fingerprint density at radius 1 is 1.21 bits per heavy atom. The van der Waals surface area contributed by atoms with Gasteiger partial charge < -0.3 is 5.32 Å². The van der Waals surface area contributed by atoms with Gasteiger partial charge in [0.25, 0.3) is 0 Å². The van der Waals surface area contributed by atoms with Crippen LogP contribution in [0.1, 0.15) is 0 Å². The first-order valence-electron chi connectivity index (χ1n) is 4.37. The number of hydrogen-bond donors (Lipinski definition) is 1. The molecule has 106 valence electrons. The fourth-order valence-corrected chi connectivity index (χ4v) is 1.88. The highest BCUT2D eigenvalue weighted by molar-refractivity contribution is 9.10. The van der Waals surface area contributed by atoms with Gasteiger partial charge in [0.1, 0.15) is 5.82 Å². The van der Waals surface area contributed by atoms with E-state index in [0.29, 0.717) is 6.07 Å². The molecule has 0 aliphatic heterocycles. The van der Waals surface area contributed by atoms with Crippen molar-refractivity contribution in [3.05, 3.63) is 27.4 Å². The summed E-state index contributed by atoms with van der Waals surface area (Å²) in [5, 5.41) is 0.769. The molecule has 0 aliphatic rings. The van der Waals surface area contributed by atoms with E-state index in [1.165, 1.54) is 5.32 Å². The minimum atomic E-state index is -6.05. The summed E-state index contributed by atoms with van der Waals surface area (Å²) in [5.74, 6) is -9.07. The van der Waals surface area contributed by atoms with Gasteiger partial charge in [-0.3, -0.25) is 4.79 Å². The van der Waals surface area contributed by atoms with Crippen molar-refractivity contribution < 1.29 is 31.1 Å². The number of benzene rings is 1. The maximum Gasteiger partial charge on any atom is 0.463 e. The number of anilines is 1. The Labute approximate surface area is 115 Å². The van der Waals surface area contributed by atoms with E-state index in [0.717, 1.165) is 6.07 Å². The zero-order valence-corrected chi connectivity index (χ0v) is 10.9. The molecule has 10 heteroatoms. The van der Waals surface area contributed by atoms with E-state index in [4.69, 9.17) is 11.6 Å². The van der Waals surface area contributed by atoms with Gasteiger partial charge in [0, 0.05) is 4.47 Å². The van der Waals surface area contributed by atoms with Gasteiger partial charge in [-0.2, -0.15) is 22.0 Å². The molecule has 0 spiro atoms. The van der Waals surface area contributed by atoms with Crippen LogP contribution in [0.25, 0.3) is 0 Å². The largest absolute Gasteiger partial charge is 0.463 e. The lowest BCUT2D eigenvalue weighted by Crippen LogP contribution is -2.47. The van der Waals surface area contributed by atoms with Gasteiger partial charge in [-0.15, -0.1) is 0 Å². The second kappa shape index (κ2) is 5.20. The highest BCUT2D eigenvalue weighted by atomic mass is 79.9. The lowest BCUT2D eigenvalue weighted by atomic mass is 10.2. The van der Waals surface area contributed by atoms with E-state index in [-0.39, 0.29) is 4.47 Å². The molecule has 0 aliphatic carbocycles.